The van der Waals surface area contributed by atoms with Crippen LogP contribution in [0, 0.1) is 0 Å². The molecule has 0 unspecified atom stereocenters. The van der Waals surface area contributed by atoms with Crippen LogP contribution in [0.3, 0.4) is 0 Å². The van der Waals surface area contributed by atoms with Crippen LogP contribution in [-0.4, -0.2) is 25.3 Å². The molecule has 2 amide bonds. The van der Waals surface area contributed by atoms with Gasteiger partial charge < -0.3 is 20.5 Å². The van der Waals surface area contributed by atoms with Crippen LogP contribution in [-0.2, 0) is 0 Å². The molecule has 132 valence electrons. The Morgan fingerprint density at radius 3 is 2.24 bits per heavy atom. The summed E-state index contributed by atoms with van der Waals surface area (Å²) in [7, 11) is 1.35. The molecule has 0 aromatic heterocycles. The van der Waals surface area contributed by atoms with Gasteiger partial charge in [0.05, 0.1) is 12.7 Å². The lowest BCUT2D eigenvalue weighted by Crippen LogP contribution is -2.17. The van der Waals surface area contributed by atoms with E-state index in [0.717, 1.165) is 12.1 Å². The number of carbonyl (C=O) groups excluding carboxylic acids is 2. The number of hydrogen-bond acceptors (Lipinski definition) is 4. The fraction of sp³-hybridized carbons (Fsp3) is 0.125. The normalized spacial score (nSPS) is 10.9. The van der Waals surface area contributed by atoms with E-state index in [1.54, 1.807) is 0 Å². The third kappa shape index (κ3) is 4.87. The van der Waals surface area contributed by atoms with Crippen molar-refractivity contribution in [2.24, 2.45) is 5.73 Å². The lowest BCUT2D eigenvalue weighted by atomic mass is 10.1. The number of primary amides is 1. The van der Waals surface area contributed by atoms with Crippen LogP contribution in [0.1, 0.15) is 20.7 Å². The minimum atomic E-state index is -4.80. The molecule has 2 rings (SSSR count). The van der Waals surface area contributed by atoms with E-state index in [9.17, 15) is 22.8 Å². The van der Waals surface area contributed by atoms with Crippen molar-refractivity contribution >= 4 is 17.5 Å². The second kappa shape index (κ2) is 7.12. The molecule has 0 atom stereocenters. The van der Waals surface area contributed by atoms with Crippen LogP contribution in [0.4, 0.5) is 18.9 Å². The van der Waals surface area contributed by atoms with E-state index in [1.807, 2.05) is 0 Å². The molecule has 0 radical (unpaired) electrons. The van der Waals surface area contributed by atoms with Gasteiger partial charge in [0.15, 0.2) is 0 Å². The zero-order valence-electron chi connectivity index (χ0n) is 12.9. The van der Waals surface area contributed by atoms with Crippen molar-refractivity contribution in [3.63, 3.8) is 0 Å². The maximum Gasteiger partial charge on any atom is 0.573 e. The fourth-order valence-electron chi connectivity index (χ4n) is 1.98. The van der Waals surface area contributed by atoms with E-state index in [-0.39, 0.29) is 22.6 Å². The van der Waals surface area contributed by atoms with E-state index < -0.39 is 23.9 Å². The van der Waals surface area contributed by atoms with Crippen molar-refractivity contribution in [2.75, 3.05) is 12.4 Å². The zero-order chi connectivity index (χ0) is 18.6. The SMILES string of the molecule is COc1ccc(C(N)=O)cc1C(=O)Nc1ccc(OC(F)(F)F)cc1. The van der Waals surface area contributed by atoms with Crippen molar-refractivity contribution in [2.45, 2.75) is 6.36 Å². The van der Waals surface area contributed by atoms with Gasteiger partial charge >= 0.3 is 6.36 Å². The zero-order valence-corrected chi connectivity index (χ0v) is 12.9. The topological polar surface area (TPSA) is 90.7 Å². The molecule has 0 spiro atoms. The summed E-state index contributed by atoms with van der Waals surface area (Å²) in [6.45, 7) is 0. The van der Waals surface area contributed by atoms with E-state index >= 15 is 0 Å². The lowest BCUT2D eigenvalue weighted by molar-refractivity contribution is -0.274. The number of nitrogens with one attached hydrogen (secondary N) is 1. The molecule has 9 heteroatoms. The van der Waals surface area contributed by atoms with Crippen LogP contribution in [0.2, 0.25) is 0 Å². The van der Waals surface area contributed by atoms with Crippen LogP contribution in [0.25, 0.3) is 0 Å². The Morgan fingerprint density at radius 1 is 1.08 bits per heavy atom. The van der Waals surface area contributed by atoms with E-state index in [1.165, 1.54) is 37.4 Å². The molecule has 6 nitrogen and oxygen atoms in total. The van der Waals surface area contributed by atoms with Gasteiger partial charge in [-0.2, -0.15) is 0 Å². The Hall–Kier alpha value is -3.23. The fourth-order valence-corrected chi connectivity index (χ4v) is 1.98. The first-order valence-corrected chi connectivity index (χ1v) is 6.84. The number of carbonyl (C=O) groups is 2. The maximum atomic E-state index is 12.3. The number of methoxy groups -OCH3 is 1. The van der Waals surface area contributed by atoms with Crippen LogP contribution in [0.5, 0.6) is 11.5 Å². The van der Waals surface area contributed by atoms with Gasteiger partial charge in [0.2, 0.25) is 5.91 Å². The van der Waals surface area contributed by atoms with Crippen LogP contribution < -0.4 is 20.5 Å². The summed E-state index contributed by atoms with van der Waals surface area (Å²) in [6, 6.07) is 8.67. The average molecular weight is 354 g/mol. The molecule has 25 heavy (non-hydrogen) atoms. The molecule has 0 aliphatic carbocycles. The Labute approximate surface area is 140 Å². The first-order valence-electron chi connectivity index (χ1n) is 6.84. The van der Waals surface area contributed by atoms with Gasteiger partial charge in [0.1, 0.15) is 11.5 Å². The van der Waals surface area contributed by atoms with Gasteiger partial charge in [-0.25, -0.2) is 0 Å². The van der Waals surface area contributed by atoms with Crippen molar-refractivity contribution in [1.82, 2.24) is 0 Å². The lowest BCUT2D eigenvalue weighted by Gasteiger charge is -2.12. The predicted molar refractivity (Wildman–Crippen MR) is 82.6 cm³/mol. The largest absolute Gasteiger partial charge is 0.573 e. The second-order valence-electron chi connectivity index (χ2n) is 4.81. The Kier molecular flexibility index (Phi) is 5.16. The van der Waals surface area contributed by atoms with Gasteiger partial charge in [0, 0.05) is 11.3 Å². The van der Waals surface area contributed by atoms with E-state index in [0.29, 0.717) is 0 Å². The summed E-state index contributed by atoms with van der Waals surface area (Å²) in [5, 5.41) is 2.48. The van der Waals surface area contributed by atoms with Gasteiger partial charge in [-0.05, 0) is 42.5 Å². The van der Waals surface area contributed by atoms with Gasteiger partial charge in [-0.1, -0.05) is 0 Å². The number of alkyl halides is 3. The van der Waals surface area contributed by atoms with Gasteiger partial charge in [0.25, 0.3) is 5.91 Å². The maximum absolute atomic E-state index is 12.3. The highest BCUT2D eigenvalue weighted by Crippen LogP contribution is 2.25. The second-order valence-corrected chi connectivity index (χ2v) is 4.81. The number of rotatable bonds is 5. The van der Waals surface area contributed by atoms with Crippen molar-refractivity contribution in [3.05, 3.63) is 53.6 Å². The number of benzene rings is 2. The Bertz CT molecular complexity index is 789. The van der Waals surface area contributed by atoms with Gasteiger partial charge in [-0.3, -0.25) is 9.59 Å². The molecule has 0 bridgehead atoms. The molecule has 2 aromatic rings. The minimum absolute atomic E-state index is 0.0504. The number of anilines is 1. The Morgan fingerprint density at radius 2 is 1.72 bits per heavy atom. The van der Waals surface area contributed by atoms with E-state index in [4.69, 9.17) is 10.5 Å². The first kappa shape index (κ1) is 18.1. The highest BCUT2D eigenvalue weighted by molar-refractivity contribution is 6.07. The summed E-state index contributed by atoms with van der Waals surface area (Å²) in [5.41, 5.74) is 5.57. The summed E-state index contributed by atoms with van der Waals surface area (Å²) in [4.78, 5) is 23.6. The quantitative estimate of drug-likeness (QED) is 0.864. The van der Waals surface area contributed by atoms with Crippen molar-refractivity contribution in [3.8, 4) is 11.5 Å². The van der Waals surface area contributed by atoms with Crippen molar-refractivity contribution < 1.29 is 32.2 Å². The Balaban J connectivity index is 2.19. The molecule has 0 aliphatic rings. The molecular formula is C16H13F3N2O4. The highest BCUT2D eigenvalue weighted by atomic mass is 19.4. The third-order valence-corrected chi connectivity index (χ3v) is 3.07. The molecule has 2 aromatic carbocycles. The highest BCUT2D eigenvalue weighted by Gasteiger charge is 2.31. The smallest absolute Gasteiger partial charge is 0.496 e. The summed E-state index contributed by atoms with van der Waals surface area (Å²) < 4.78 is 45.1. The van der Waals surface area contributed by atoms with Gasteiger partial charge in [-0.15, -0.1) is 13.2 Å². The van der Waals surface area contributed by atoms with Crippen molar-refractivity contribution in [1.29, 1.82) is 0 Å². The van der Waals surface area contributed by atoms with Crippen LogP contribution in [0.15, 0.2) is 42.5 Å². The number of hydrogen-bond donors (Lipinski definition) is 2. The molecule has 0 heterocycles. The number of halogens is 3. The summed E-state index contributed by atoms with van der Waals surface area (Å²) in [5.74, 6) is -1.55. The summed E-state index contributed by atoms with van der Waals surface area (Å²) >= 11 is 0. The standard InChI is InChI=1S/C16H13F3N2O4/c1-24-13-7-2-9(14(20)22)8-12(13)15(23)21-10-3-5-11(6-4-10)25-16(17,18)19/h2-8H,1H3,(H2,20,22)(H,21,23). The number of nitrogens with two attached hydrogens (primary N) is 1. The molecule has 0 saturated heterocycles. The number of ether oxygens (including phenoxy) is 2. The monoisotopic (exact) mass is 354 g/mol. The van der Waals surface area contributed by atoms with Crippen LogP contribution >= 0.6 is 0 Å². The first-order chi connectivity index (χ1) is 11.7. The third-order valence-electron chi connectivity index (χ3n) is 3.07. The molecule has 0 fully saturated rings. The van der Waals surface area contributed by atoms with E-state index in [2.05, 4.69) is 10.1 Å². The predicted octanol–water partition coefficient (Wildman–Crippen LogP) is 2.95. The molecule has 0 aliphatic heterocycles. The average Bonchev–Trinajstić information content (AvgIpc) is 2.54. The molecule has 0 saturated carbocycles. The summed E-state index contributed by atoms with van der Waals surface area (Å²) in [6.07, 6.45) is -4.80. The molecular weight excluding hydrogens is 341 g/mol. The minimum Gasteiger partial charge on any atom is -0.496 e. The molecule has 3 N–H and O–H groups in total. The number of amides is 2.